The molecule has 0 aromatic carbocycles. The summed E-state index contributed by atoms with van der Waals surface area (Å²) in [5.74, 6) is 1.70. The van der Waals surface area contributed by atoms with E-state index in [4.69, 9.17) is 5.73 Å². The molecule has 3 heterocycles. The summed E-state index contributed by atoms with van der Waals surface area (Å²) in [6.45, 7) is 2.50. The maximum Gasteiger partial charge on any atom is 0.203 e. The van der Waals surface area contributed by atoms with E-state index in [9.17, 15) is 0 Å². The first-order valence-corrected chi connectivity index (χ1v) is 5.54. The maximum atomic E-state index is 5.61. The lowest BCUT2D eigenvalue weighted by atomic mass is 10.4. The number of aromatic nitrogens is 4. The van der Waals surface area contributed by atoms with E-state index in [-0.39, 0.29) is 0 Å². The Morgan fingerprint density at radius 3 is 2.81 bits per heavy atom. The third-order valence-electron chi connectivity index (χ3n) is 2.97. The number of hydrogen-bond acceptors (Lipinski definition) is 5. The van der Waals surface area contributed by atoms with Crippen LogP contribution in [0.2, 0.25) is 0 Å². The molecule has 16 heavy (non-hydrogen) atoms. The van der Waals surface area contributed by atoms with Gasteiger partial charge >= 0.3 is 0 Å². The van der Waals surface area contributed by atoms with Crippen LogP contribution in [-0.2, 0) is 6.54 Å². The van der Waals surface area contributed by atoms with Gasteiger partial charge in [-0.15, -0.1) is 10.2 Å². The van der Waals surface area contributed by atoms with Crippen molar-refractivity contribution in [3.8, 4) is 0 Å². The summed E-state index contributed by atoms with van der Waals surface area (Å²) in [6.07, 6.45) is 6.08. The van der Waals surface area contributed by atoms with E-state index in [2.05, 4.69) is 20.1 Å². The van der Waals surface area contributed by atoms with Gasteiger partial charge in [0.05, 0.1) is 6.54 Å². The smallest absolute Gasteiger partial charge is 0.203 e. The van der Waals surface area contributed by atoms with Gasteiger partial charge in [-0.05, 0) is 12.8 Å². The summed E-state index contributed by atoms with van der Waals surface area (Å²) in [5.41, 5.74) is 6.42. The molecule has 1 aliphatic rings. The van der Waals surface area contributed by atoms with E-state index < -0.39 is 0 Å². The molecular formula is C10H14N6. The second-order valence-corrected chi connectivity index (χ2v) is 3.96. The number of hydrogen-bond donors (Lipinski definition) is 1. The average molecular weight is 218 g/mol. The van der Waals surface area contributed by atoms with Crippen molar-refractivity contribution in [1.29, 1.82) is 0 Å². The normalized spacial score (nSPS) is 16.2. The lowest BCUT2D eigenvalue weighted by Crippen LogP contribution is -2.20. The van der Waals surface area contributed by atoms with E-state index in [1.165, 1.54) is 12.8 Å². The molecule has 2 N–H and O–H groups in total. The molecular weight excluding hydrogens is 204 g/mol. The van der Waals surface area contributed by atoms with Crippen LogP contribution in [0.3, 0.4) is 0 Å². The zero-order valence-electron chi connectivity index (χ0n) is 9.00. The number of nitrogens with zero attached hydrogens (tertiary/aromatic N) is 5. The first-order valence-electron chi connectivity index (χ1n) is 5.54. The molecule has 1 saturated heterocycles. The summed E-state index contributed by atoms with van der Waals surface area (Å²) in [6, 6.07) is 0. The third-order valence-corrected chi connectivity index (χ3v) is 2.97. The van der Waals surface area contributed by atoms with Gasteiger partial charge in [-0.3, -0.25) is 4.40 Å². The van der Waals surface area contributed by atoms with E-state index in [0.29, 0.717) is 6.54 Å². The van der Waals surface area contributed by atoms with Crippen LogP contribution in [0.25, 0.3) is 5.65 Å². The van der Waals surface area contributed by atoms with Crippen molar-refractivity contribution >= 4 is 11.5 Å². The predicted molar refractivity (Wildman–Crippen MR) is 60.1 cm³/mol. The van der Waals surface area contributed by atoms with E-state index >= 15 is 0 Å². The summed E-state index contributed by atoms with van der Waals surface area (Å²) < 4.78 is 1.92. The second-order valence-electron chi connectivity index (χ2n) is 3.96. The van der Waals surface area contributed by atoms with E-state index in [1.807, 2.05) is 10.6 Å². The minimum absolute atomic E-state index is 0.393. The molecule has 6 nitrogen and oxygen atoms in total. The van der Waals surface area contributed by atoms with Gasteiger partial charge in [-0.1, -0.05) is 0 Å². The van der Waals surface area contributed by atoms with E-state index in [1.54, 1.807) is 6.20 Å². The minimum Gasteiger partial charge on any atom is -0.353 e. The Balaban J connectivity index is 2.13. The first-order chi connectivity index (χ1) is 7.90. The Morgan fingerprint density at radius 1 is 1.25 bits per heavy atom. The Bertz CT molecular complexity index is 499. The van der Waals surface area contributed by atoms with Gasteiger partial charge in [-0.25, -0.2) is 4.98 Å². The summed E-state index contributed by atoms with van der Waals surface area (Å²) in [5, 5.41) is 8.23. The van der Waals surface area contributed by atoms with Crippen LogP contribution >= 0.6 is 0 Å². The zero-order valence-corrected chi connectivity index (χ0v) is 9.00. The van der Waals surface area contributed by atoms with Crippen LogP contribution < -0.4 is 10.6 Å². The number of nitrogens with two attached hydrogens (primary N) is 1. The molecule has 0 aliphatic carbocycles. The van der Waals surface area contributed by atoms with Crippen molar-refractivity contribution in [2.24, 2.45) is 5.73 Å². The van der Waals surface area contributed by atoms with Crippen molar-refractivity contribution in [1.82, 2.24) is 19.6 Å². The van der Waals surface area contributed by atoms with Crippen LogP contribution in [0.5, 0.6) is 0 Å². The molecule has 3 rings (SSSR count). The average Bonchev–Trinajstić information content (AvgIpc) is 2.97. The third kappa shape index (κ3) is 1.34. The molecule has 1 fully saturated rings. The largest absolute Gasteiger partial charge is 0.353 e. The standard InChI is InChI=1S/C10H14N6/c11-7-8-13-14-10-9(12-3-6-16(8)10)15-4-1-2-5-15/h3,6H,1-2,4-5,7,11H2. The highest BCUT2D eigenvalue weighted by atomic mass is 15.3. The van der Waals surface area contributed by atoms with Crippen LogP contribution in [0.15, 0.2) is 12.4 Å². The van der Waals surface area contributed by atoms with Crippen LogP contribution in [0.1, 0.15) is 18.7 Å². The summed E-state index contributed by atoms with van der Waals surface area (Å²) >= 11 is 0. The monoisotopic (exact) mass is 218 g/mol. The quantitative estimate of drug-likeness (QED) is 0.778. The molecule has 0 unspecified atom stereocenters. The maximum absolute atomic E-state index is 5.61. The van der Waals surface area contributed by atoms with Gasteiger partial charge in [-0.2, -0.15) is 0 Å². The molecule has 1 aliphatic heterocycles. The van der Waals surface area contributed by atoms with Crippen LogP contribution in [-0.4, -0.2) is 32.7 Å². The lowest BCUT2D eigenvalue weighted by Gasteiger charge is -2.16. The number of rotatable bonds is 2. The molecule has 2 aromatic rings. The van der Waals surface area contributed by atoms with Gasteiger partial charge in [0, 0.05) is 25.5 Å². The van der Waals surface area contributed by atoms with Gasteiger partial charge < -0.3 is 10.6 Å². The fourth-order valence-corrected chi connectivity index (χ4v) is 2.15. The molecule has 84 valence electrons. The Morgan fingerprint density at radius 2 is 2.06 bits per heavy atom. The van der Waals surface area contributed by atoms with Crippen LogP contribution in [0, 0.1) is 0 Å². The van der Waals surface area contributed by atoms with Gasteiger partial charge in [0.25, 0.3) is 0 Å². The fraction of sp³-hybridized carbons (Fsp3) is 0.500. The molecule has 0 saturated carbocycles. The number of anilines is 1. The van der Waals surface area contributed by atoms with Crippen molar-refractivity contribution < 1.29 is 0 Å². The minimum atomic E-state index is 0.393. The molecule has 2 aromatic heterocycles. The molecule has 0 atom stereocenters. The highest BCUT2D eigenvalue weighted by molar-refractivity contribution is 5.64. The van der Waals surface area contributed by atoms with Crippen molar-refractivity contribution in [2.45, 2.75) is 19.4 Å². The molecule has 0 radical (unpaired) electrons. The predicted octanol–water partition coefficient (Wildman–Crippen LogP) is 0.183. The zero-order chi connectivity index (χ0) is 11.0. The summed E-state index contributed by atoms with van der Waals surface area (Å²) in [4.78, 5) is 6.65. The second kappa shape index (κ2) is 3.71. The van der Waals surface area contributed by atoms with Crippen molar-refractivity contribution in [3.63, 3.8) is 0 Å². The molecule has 0 bridgehead atoms. The topological polar surface area (TPSA) is 72.3 Å². The number of fused-ring (bicyclic) bond motifs is 1. The Hall–Kier alpha value is -1.69. The fourth-order valence-electron chi connectivity index (χ4n) is 2.15. The van der Waals surface area contributed by atoms with Crippen molar-refractivity contribution in [2.75, 3.05) is 18.0 Å². The van der Waals surface area contributed by atoms with Gasteiger partial charge in [0.2, 0.25) is 5.65 Å². The SMILES string of the molecule is NCc1nnc2c(N3CCCC3)nccn12. The van der Waals surface area contributed by atoms with Crippen LogP contribution in [0.4, 0.5) is 5.82 Å². The Kier molecular flexibility index (Phi) is 2.21. The molecule has 0 spiro atoms. The van der Waals surface area contributed by atoms with E-state index in [0.717, 1.165) is 30.4 Å². The summed E-state index contributed by atoms with van der Waals surface area (Å²) in [7, 11) is 0. The lowest BCUT2D eigenvalue weighted by molar-refractivity contribution is 0.876. The Labute approximate surface area is 93.1 Å². The van der Waals surface area contributed by atoms with Gasteiger partial charge in [0.1, 0.15) is 0 Å². The highest BCUT2D eigenvalue weighted by Gasteiger charge is 2.18. The van der Waals surface area contributed by atoms with Gasteiger partial charge in [0.15, 0.2) is 11.6 Å². The van der Waals surface area contributed by atoms with Crippen molar-refractivity contribution in [3.05, 3.63) is 18.2 Å². The first kappa shape index (κ1) is 9.53. The highest BCUT2D eigenvalue weighted by Crippen LogP contribution is 2.21. The molecule has 0 amide bonds. The molecule has 6 heteroatoms.